The summed E-state index contributed by atoms with van der Waals surface area (Å²) in [5.41, 5.74) is 0.689. The van der Waals surface area contributed by atoms with Crippen LogP contribution < -0.4 is 10.1 Å². The van der Waals surface area contributed by atoms with E-state index in [1.165, 1.54) is 33.5 Å². The lowest BCUT2D eigenvalue weighted by Gasteiger charge is -2.30. The number of hydrogen-bond donors (Lipinski definition) is 2. The second kappa shape index (κ2) is 12.3. The molecule has 0 saturated heterocycles. The summed E-state index contributed by atoms with van der Waals surface area (Å²) in [4.78, 5) is 28.7. The Morgan fingerprint density at radius 2 is 1.79 bits per heavy atom. The van der Waals surface area contributed by atoms with Gasteiger partial charge in [0.05, 0.1) is 30.4 Å². The lowest BCUT2D eigenvalue weighted by atomic mass is 9.83. The van der Waals surface area contributed by atoms with Crippen molar-refractivity contribution in [3.8, 4) is 16.3 Å². The second-order valence-corrected chi connectivity index (χ2v) is 11.2. The summed E-state index contributed by atoms with van der Waals surface area (Å²) < 4.78 is 31.6. The smallest absolute Gasteiger partial charge is 0.371 e. The lowest BCUT2D eigenvalue weighted by molar-refractivity contribution is -0.135. The van der Waals surface area contributed by atoms with Gasteiger partial charge in [0, 0.05) is 29.4 Å². The van der Waals surface area contributed by atoms with Crippen molar-refractivity contribution in [1.29, 1.82) is 0 Å². The number of aliphatic carboxylic acids is 1. The molecule has 8 nitrogen and oxygen atoms in total. The number of carbonyl (C=O) groups is 2. The van der Waals surface area contributed by atoms with E-state index in [4.69, 9.17) is 42.5 Å². The maximum absolute atomic E-state index is 15.7. The summed E-state index contributed by atoms with van der Waals surface area (Å²) >= 11 is 13.6. The van der Waals surface area contributed by atoms with Gasteiger partial charge in [0.2, 0.25) is 10.8 Å². The number of halogens is 3. The van der Waals surface area contributed by atoms with Gasteiger partial charge in [0.1, 0.15) is 11.5 Å². The number of thiazole rings is 1. The molecule has 1 amide bonds. The van der Waals surface area contributed by atoms with E-state index < -0.39 is 23.8 Å². The van der Waals surface area contributed by atoms with Crippen LogP contribution in [0.25, 0.3) is 17.3 Å². The van der Waals surface area contributed by atoms with Crippen LogP contribution in [0.1, 0.15) is 48.4 Å². The van der Waals surface area contributed by atoms with Crippen LogP contribution in [0, 0.1) is 11.2 Å². The number of ether oxygens (including phenoxy) is 3. The Hall–Kier alpha value is -3.18. The van der Waals surface area contributed by atoms with Crippen molar-refractivity contribution in [2.24, 2.45) is 5.41 Å². The van der Waals surface area contributed by atoms with E-state index in [1.807, 2.05) is 20.8 Å². The molecule has 0 aliphatic carbocycles. The highest BCUT2D eigenvalue weighted by Crippen LogP contribution is 2.43. The predicted octanol–water partition coefficient (Wildman–Crippen LogP) is 7.32. The first-order valence-electron chi connectivity index (χ1n) is 11.5. The van der Waals surface area contributed by atoms with E-state index in [-0.39, 0.29) is 48.7 Å². The van der Waals surface area contributed by atoms with Crippen molar-refractivity contribution in [3.05, 3.63) is 68.6 Å². The van der Waals surface area contributed by atoms with Crippen molar-refractivity contribution in [2.45, 2.75) is 26.9 Å². The van der Waals surface area contributed by atoms with Crippen LogP contribution in [0.3, 0.4) is 0 Å². The number of carboxylic acids is 1. The Kier molecular flexibility index (Phi) is 9.60. The van der Waals surface area contributed by atoms with Crippen LogP contribution in [0.4, 0.5) is 9.52 Å². The third-order valence-electron chi connectivity index (χ3n) is 5.64. The predicted molar refractivity (Wildman–Crippen MR) is 150 cm³/mol. The molecule has 12 heteroatoms. The molecule has 0 spiro atoms. The zero-order valence-electron chi connectivity index (χ0n) is 22.0. The van der Waals surface area contributed by atoms with Gasteiger partial charge in [0.15, 0.2) is 5.13 Å². The van der Waals surface area contributed by atoms with Gasteiger partial charge in [-0.15, -0.1) is 0 Å². The largest absolute Gasteiger partial charge is 0.490 e. The monoisotopic (exact) mass is 596 g/mol. The molecule has 1 atom stereocenters. The van der Waals surface area contributed by atoms with E-state index in [1.54, 1.807) is 18.2 Å². The molecule has 1 heterocycles. The fourth-order valence-corrected chi connectivity index (χ4v) is 5.30. The third-order valence-corrected chi connectivity index (χ3v) is 7.20. The Labute approximate surface area is 239 Å². The van der Waals surface area contributed by atoms with Crippen LogP contribution in [0.15, 0.2) is 36.1 Å². The number of carboxylic acid groups (broad SMARTS) is 1. The highest BCUT2D eigenvalue weighted by atomic mass is 35.5. The molecule has 0 fully saturated rings. The summed E-state index contributed by atoms with van der Waals surface area (Å²) in [5, 5.41) is 12.3. The van der Waals surface area contributed by atoms with Crippen molar-refractivity contribution in [1.82, 2.24) is 4.98 Å². The number of methoxy groups -OCH3 is 3. The molecule has 0 aliphatic rings. The molecule has 0 aliphatic heterocycles. The van der Waals surface area contributed by atoms with E-state index in [2.05, 4.69) is 10.3 Å². The molecule has 208 valence electrons. The molecular formula is C27H27Cl2FN2O6S. The molecular weight excluding hydrogens is 570 g/mol. The quantitative estimate of drug-likeness (QED) is 0.197. The first-order chi connectivity index (χ1) is 18.3. The average molecular weight is 597 g/mol. The summed E-state index contributed by atoms with van der Waals surface area (Å²) in [6.07, 6.45) is 0.646. The van der Waals surface area contributed by atoms with Crippen molar-refractivity contribution in [3.63, 3.8) is 0 Å². The van der Waals surface area contributed by atoms with Gasteiger partial charge in [-0.2, -0.15) is 0 Å². The van der Waals surface area contributed by atoms with Crippen LogP contribution in [-0.2, 0) is 14.3 Å². The van der Waals surface area contributed by atoms with Gasteiger partial charge in [-0.05, 0) is 29.7 Å². The molecule has 1 unspecified atom stereocenters. The van der Waals surface area contributed by atoms with Gasteiger partial charge in [-0.25, -0.2) is 14.2 Å². The summed E-state index contributed by atoms with van der Waals surface area (Å²) in [7, 11) is 4.15. The van der Waals surface area contributed by atoms with E-state index in [0.717, 1.165) is 17.4 Å². The van der Waals surface area contributed by atoms with Crippen LogP contribution in [0.5, 0.6) is 5.06 Å². The molecule has 0 saturated carbocycles. The van der Waals surface area contributed by atoms with Gasteiger partial charge in [0.25, 0.3) is 5.91 Å². The normalized spacial score (nSPS) is 12.7. The zero-order chi connectivity index (χ0) is 29.1. The minimum absolute atomic E-state index is 0.0336. The molecule has 39 heavy (non-hydrogen) atoms. The van der Waals surface area contributed by atoms with Gasteiger partial charge in [-0.1, -0.05) is 67.4 Å². The zero-order valence-corrected chi connectivity index (χ0v) is 24.3. The maximum Gasteiger partial charge on any atom is 0.371 e. The average Bonchev–Trinajstić information content (AvgIpc) is 3.26. The number of rotatable bonds is 9. The fraction of sp³-hybridized carbons (Fsp3) is 0.296. The number of benzene rings is 2. The molecule has 2 aromatic carbocycles. The van der Waals surface area contributed by atoms with E-state index in [9.17, 15) is 9.59 Å². The molecule has 2 N–H and O–H groups in total. The summed E-state index contributed by atoms with van der Waals surface area (Å²) in [6.45, 7) is 5.86. The van der Waals surface area contributed by atoms with Gasteiger partial charge >= 0.3 is 5.97 Å². The Morgan fingerprint density at radius 3 is 2.31 bits per heavy atom. The minimum Gasteiger partial charge on any atom is -0.490 e. The Morgan fingerprint density at radius 1 is 1.15 bits per heavy atom. The highest BCUT2D eigenvalue weighted by molar-refractivity contribution is 7.18. The fourth-order valence-electron chi connectivity index (χ4n) is 3.91. The van der Waals surface area contributed by atoms with Crippen LogP contribution in [0.2, 0.25) is 10.0 Å². The van der Waals surface area contributed by atoms with E-state index in [0.29, 0.717) is 10.6 Å². The highest BCUT2D eigenvalue weighted by Gasteiger charge is 2.30. The first-order valence-corrected chi connectivity index (χ1v) is 13.0. The number of nitrogens with zero attached hydrogens (tertiary/aromatic N) is 1. The number of hydrogen-bond acceptors (Lipinski definition) is 7. The number of anilines is 1. The van der Waals surface area contributed by atoms with Gasteiger partial charge in [-0.3, -0.25) is 10.1 Å². The third kappa shape index (κ3) is 6.70. The molecule has 0 radical (unpaired) electrons. The van der Waals surface area contributed by atoms with Crippen LogP contribution in [-0.4, -0.2) is 43.3 Å². The summed E-state index contributed by atoms with van der Waals surface area (Å²) in [5.74, 6) is -2.78. The number of carbonyl (C=O) groups excluding carboxylic acids is 1. The second-order valence-electron chi connectivity index (χ2n) is 9.38. The number of nitrogens with one attached hydrogen (secondary N) is 1. The number of aromatic nitrogens is 1. The summed E-state index contributed by atoms with van der Waals surface area (Å²) in [6, 6.07) is 7.61. The van der Waals surface area contributed by atoms with Gasteiger partial charge < -0.3 is 19.3 Å². The molecule has 3 rings (SSSR count). The van der Waals surface area contributed by atoms with Crippen LogP contribution >= 0.6 is 34.5 Å². The van der Waals surface area contributed by atoms with Crippen molar-refractivity contribution < 1.29 is 33.3 Å². The molecule has 1 aromatic heterocycles. The Bertz CT molecular complexity index is 1410. The minimum atomic E-state index is -1.31. The maximum atomic E-state index is 15.7. The molecule has 0 bridgehead atoms. The number of amides is 1. The lowest BCUT2D eigenvalue weighted by Crippen LogP contribution is -2.21. The Balaban J connectivity index is 1.95. The standard InChI is InChI=1S/C27H27Cl2FN2O6S/c1-27(2,3)22(37-5)15-9-7-8-14(20(15)30)21-25(38-6)39-26(31-21)32-23(33)13-10-17(28)16(18(29)11-13)12-19(36-4)24(34)35/h7-12,22H,1-6H3,(H,34,35)(H,31,32,33). The first kappa shape index (κ1) is 30.4. The van der Waals surface area contributed by atoms with E-state index >= 15 is 4.39 Å². The SMILES string of the molecule is COC(=Cc1c(Cl)cc(C(=O)Nc2nc(-c3cccc(C(OC)C(C)(C)C)c3F)c(OC)s2)cc1Cl)C(=O)O. The van der Waals surface area contributed by atoms with Crippen molar-refractivity contribution >= 4 is 57.6 Å². The molecule has 3 aromatic rings. The van der Waals surface area contributed by atoms with Crippen molar-refractivity contribution in [2.75, 3.05) is 26.6 Å². The topological polar surface area (TPSA) is 107 Å².